The Morgan fingerprint density at radius 1 is 1.20 bits per heavy atom. The van der Waals surface area contributed by atoms with Crippen LogP contribution in [-0.2, 0) is 11.2 Å². The molecule has 2 rings (SSSR count). The summed E-state index contributed by atoms with van der Waals surface area (Å²) in [4.78, 5) is 11.5. The van der Waals surface area contributed by atoms with E-state index in [1.165, 1.54) is 12.7 Å². The zero-order chi connectivity index (χ0) is 14.5. The molecule has 1 N–H and O–H groups in total. The lowest BCUT2D eigenvalue weighted by molar-refractivity contribution is 0.0601. The largest absolute Gasteiger partial charge is 0.465 e. The second-order valence-corrected chi connectivity index (χ2v) is 4.99. The van der Waals surface area contributed by atoms with Crippen molar-refractivity contribution in [3.05, 3.63) is 47.5 Å². The van der Waals surface area contributed by atoms with Gasteiger partial charge in [0.25, 0.3) is 0 Å². The Hall–Kier alpha value is -1.87. The predicted molar refractivity (Wildman–Crippen MR) is 79.9 cm³/mol. The van der Waals surface area contributed by atoms with Gasteiger partial charge < -0.3 is 9.84 Å². The second kappa shape index (κ2) is 6.53. The van der Waals surface area contributed by atoms with Crippen LogP contribution in [0.1, 0.15) is 35.7 Å². The molecule has 0 bridgehead atoms. The first kappa shape index (κ1) is 14.5. The van der Waals surface area contributed by atoms with Gasteiger partial charge in [-0.1, -0.05) is 31.2 Å². The van der Waals surface area contributed by atoms with Gasteiger partial charge >= 0.3 is 5.97 Å². The van der Waals surface area contributed by atoms with Crippen molar-refractivity contribution < 1.29 is 14.6 Å². The van der Waals surface area contributed by atoms with Crippen LogP contribution in [0.15, 0.2) is 36.4 Å². The zero-order valence-corrected chi connectivity index (χ0v) is 11.9. The third-order valence-electron chi connectivity index (χ3n) is 3.56. The molecule has 1 unspecified atom stereocenters. The van der Waals surface area contributed by atoms with Gasteiger partial charge in [-0.3, -0.25) is 0 Å². The van der Waals surface area contributed by atoms with Crippen molar-refractivity contribution in [1.82, 2.24) is 0 Å². The van der Waals surface area contributed by atoms with Crippen molar-refractivity contribution >= 4 is 16.7 Å². The molecule has 2 aromatic rings. The summed E-state index contributed by atoms with van der Waals surface area (Å²) in [5.74, 6) is -0.321. The number of aliphatic hydroxyl groups excluding tert-OH is 1. The Balaban J connectivity index is 2.24. The van der Waals surface area contributed by atoms with Crippen LogP contribution in [0.5, 0.6) is 0 Å². The zero-order valence-electron chi connectivity index (χ0n) is 11.9. The van der Waals surface area contributed by atoms with Gasteiger partial charge in [0, 0.05) is 0 Å². The Morgan fingerprint density at radius 2 is 1.95 bits per heavy atom. The SMILES string of the molecule is CCC(O)CCc1ccc2ccc(C(=O)OC)cc2c1. The summed E-state index contributed by atoms with van der Waals surface area (Å²) in [6.45, 7) is 1.98. The maximum Gasteiger partial charge on any atom is 0.337 e. The number of fused-ring (bicyclic) bond motifs is 1. The smallest absolute Gasteiger partial charge is 0.337 e. The van der Waals surface area contributed by atoms with E-state index < -0.39 is 0 Å². The monoisotopic (exact) mass is 272 g/mol. The van der Waals surface area contributed by atoms with Crippen molar-refractivity contribution in [2.75, 3.05) is 7.11 Å². The number of rotatable bonds is 5. The highest BCUT2D eigenvalue weighted by atomic mass is 16.5. The molecule has 1 atom stereocenters. The normalized spacial score (nSPS) is 12.3. The number of hydrogen-bond acceptors (Lipinski definition) is 3. The quantitative estimate of drug-likeness (QED) is 0.849. The highest BCUT2D eigenvalue weighted by molar-refractivity contribution is 5.95. The summed E-state index contributed by atoms with van der Waals surface area (Å²) < 4.78 is 4.74. The minimum atomic E-state index is -0.321. The van der Waals surface area contributed by atoms with Gasteiger partial charge in [0.15, 0.2) is 0 Å². The molecule has 0 spiro atoms. The summed E-state index contributed by atoms with van der Waals surface area (Å²) in [5, 5.41) is 11.7. The van der Waals surface area contributed by atoms with Crippen molar-refractivity contribution in [3.8, 4) is 0 Å². The summed E-state index contributed by atoms with van der Waals surface area (Å²) >= 11 is 0. The molecule has 0 aliphatic carbocycles. The van der Waals surface area contributed by atoms with Crippen LogP contribution >= 0.6 is 0 Å². The second-order valence-electron chi connectivity index (χ2n) is 4.99. The first-order chi connectivity index (χ1) is 9.63. The van der Waals surface area contributed by atoms with Crippen LogP contribution in [0.3, 0.4) is 0 Å². The molecule has 0 amide bonds. The Kier molecular flexibility index (Phi) is 4.74. The Labute approximate surface area is 119 Å². The molecule has 0 fully saturated rings. The summed E-state index contributed by atoms with van der Waals surface area (Å²) in [6.07, 6.45) is 2.14. The minimum absolute atomic E-state index is 0.243. The van der Waals surface area contributed by atoms with E-state index in [1.54, 1.807) is 6.07 Å². The van der Waals surface area contributed by atoms with E-state index in [1.807, 2.05) is 25.1 Å². The number of hydrogen-bond donors (Lipinski definition) is 1. The molecular weight excluding hydrogens is 252 g/mol. The molecular formula is C17H20O3. The number of carbonyl (C=O) groups excluding carboxylic acids is 1. The van der Waals surface area contributed by atoms with E-state index in [0.717, 1.165) is 30.0 Å². The van der Waals surface area contributed by atoms with Gasteiger partial charge in [0.1, 0.15) is 0 Å². The van der Waals surface area contributed by atoms with Gasteiger partial charge in [-0.25, -0.2) is 4.79 Å². The maximum atomic E-state index is 11.5. The molecule has 2 aromatic carbocycles. The molecule has 0 aliphatic rings. The minimum Gasteiger partial charge on any atom is -0.465 e. The topological polar surface area (TPSA) is 46.5 Å². The predicted octanol–water partition coefficient (Wildman–Crippen LogP) is 3.33. The fourth-order valence-electron chi connectivity index (χ4n) is 2.23. The lowest BCUT2D eigenvalue weighted by atomic mass is 10.0. The van der Waals surface area contributed by atoms with E-state index in [2.05, 4.69) is 12.1 Å². The average molecular weight is 272 g/mol. The fourth-order valence-corrected chi connectivity index (χ4v) is 2.23. The lowest BCUT2D eigenvalue weighted by Gasteiger charge is -2.08. The first-order valence-electron chi connectivity index (χ1n) is 6.93. The van der Waals surface area contributed by atoms with E-state index in [9.17, 15) is 9.90 Å². The highest BCUT2D eigenvalue weighted by Crippen LogP contribution is 2.20. The molecule has 0 saturated carbocycles. The summed E-state index contributed by atoms with van der Waals surface area (Å²) in [7, 11) is 1.38. The summed E-state index contributed by atoms with van der Waals surface area (Å²) in [5.41, 5.74) is 1.73. The molecule has 20 heavy (non-hydrogen) atoms. The number of esters is 1. The number of carbonyl (C=O) groups is 1. The third kappa shape index (κ3) is 3.36. The van der Waals surface area contributed by atoms with E-state index in [-0.39, 0.29) is 12.1 Å². The van der Waals surface area contributed by atoms with Crippen molar-refractivity contribution in [2.45, 2.75) is 32.3 Å². The number of aryl methyl sites for hydroxylation is 1. The van der Waals surface area contributed by atoms with Crippen molar-refractivity contribution in [3.63, 3.8) is 0 Å². The summed E-state index contributed by atoms with van der Waals surface area (Å²) in [6, 6.07) is 11.7. The Bertz CT molecular complexity index is 604. The van der Waals surface area contributed by atoms with Crippen LogP contribution in [-0.4, -0.2) is 24.3 Å². The lowest BCUT2D eigenvalue weighted by Crippen LogP contribution is -2.05. The first-order valence-corrected chi connectivity index (χ1v) is 6.93. The van der Waals surface area contributed by atoms with Gasteiger partial charge in [0.2, 0.25) is 0 Å². The highest BCUT2D eigenvalue weighted by Gasteiger charge is 2.07. The number of benzene rings is 2. The number of methoxy groups -OCH3 is 1. The molecule has 106 valence electrons. The molecule has 0 radical (unpaired) electrons. The molecule has 0 heterocycles. The standard InChI is InChI=1S/C17H20O3/c1-3-16(18)9-5-12-4-6-13-7-8-14(17(19)20-2)11-15(13)10-12/h4,6-8,10-11,16,18H,3,5,9H2,1-2H3. The number of ether oxygens (including phenoxy) is 1. The van der Waals surface area contributed by atoms with Gasteiger partial charge in [0.05, 0.1) is 18.8 Å². The molecule has 3 heteroatoms. The van der Waals surface area contributed by atoms with E-state index in [4.69, 9.17) is 4.74 Å². The van der Waals surface area contributed by atoms with Gasteiger partial charge in [-0.15, -0.1) is 0 Å². The van der Waals surface area contributed by atoms with Crippen LogP contribution in [0.2, 0.25) is 0 Å². The molecule has 0 aromatic heterocycles. The maximum absolute atomic E-state index is 11.5. The van der Waals surface area contributed by atoms with Crippen LogP contribution < -0.4 is 0 Å². The number of aliphatic hydroxyl groups is 1. The van der Waals surface area contributed by atoms with Crippen LogP contribution in [0, 0.1) is 0 Å². The van der Waals surface area contributed by atoms with Crippen molar-refractivity contribution in [2.24, 2.45) is 0 Å². The van der Waals surface area contributed by atoms with Gasteiger partial charge in [-0.05, 0) is 47.7 Å². The molecule has 3 nitrogen and oxygen atoms in total. The third-order valence-corrected chi connectivity index (χ3v) is 3.56. The average Bonchev–Trinajstić information content (AvgIpc) is 2.50. The molecule has 0 aliphatic heterocycles. The van der Waals surface area contributed by atoms with Gasteiger partial charge in [-0.2, -0.15) is 0 Å². The van der Waals surface area contributed by atoms with Crippen LogP contribution in [0.25, 0.3) is 10.8 Å². The van der Waals surface area contributed by atoms with E-state index in [0.29, 0.717) is 5.56 Å². The van der Waals surface area contributed by atoms with Crippen molar-refractivity contribution in [1.29, 1.82) is 0 Å². The molecule has 0 saturated heterocycles. The van der Waals surface area contributed by atoms with Crippen LogP contribution in [0.4, 0.5) is 0 Å². The fraction of sp³-hybridized carbons (Fsp3) is 0.353. The Morgan fingerprint density at radius 3 is 2.65 bits per heavy atom. The van der Waals surface area contributed by atoms with E-state index >= 15 is 0 Å².